The van der Waals surface area contributed by atoms with Crippen molar-refractivity contribution in [2.24, 2.45) is 29.1 Å². The van der Waals surface area contributed by atoms with E-state index in [1.807, 2.05) is 0 Å². The Morgan fingerprint density at radius 1 is 1.10 bits per heavy atom. The molecule has 0 amide bonds. The Morgan fingerprint density at radius 2 is 1.87 bits per heavy atom. The van der Waals surface area contributed by atoms with Crippen molar-refractivity contribution >= 4 is 0 Å². The quantitative estimate of drug-likeness (QED) is 0.551. The molecule has 0 radical (unpaired) electrons. The van der Waals surface area contributed by atoms with Gasteiger partial charge in [-0.3, -0.25) is 0 Å². The van der Waals surface area contributed by atoms with Crippen molar-refractivity contribution < 1.29 is 15.3 Å². The summed E-state index contributed by atoms with van der Waals surface area (Å²) in [4.78, 5) is 0. The van der Waals surface area contributed by atoms with E-state index in [4.69, 9.17) is 0 Å². The van der Waals surface area contributed by atoms with Gasteiger partial charge in [0.15, 0.2) is 0 Å². The molecular weight excluding hydrogens is 372 g/mol. The largest absolute Gasteiger partial charge is 0.393 e. The van der Waals surface area contributed by atoms with Crippen LogP contribution >= 0.6 is 0 Å². The van der Waals surface area contributed by atoms with E-state index in [1.165, 1.54) is 44.1 Å². The first-order valence-corrected chi connectivity index (χ1v) is 12.1. The first-order valence-electron chi connectivity index (χ1n) is 12.1. The molecule has 4 rings (SSSR count). The fourth-order valence-electron chi connectivity index (χ4n) is 6.63. The molecule has 0 bridgehead atoms. The molecule has 0 aromatic carbocycles. The van der Waals surface area contributed by atoms with Crippen LogP contribution in [0.2, 0.25) is 0 Å². The average molecular weight is 413 g/mol. The van der Waals surface area contributed by atoms with Gasteiger partial charge >= 0.3 is 0 Å². The van der Waals surface area contributed by atoms with Crippen LogP contribution in [-0.2, 0) is 0 Å². The summed E-state index contributed by atoms with van der Waals surface area (Å²) >= 11 is 0. The van der Waals surface area contributed by atoms with Gasteiger partial charge in [0, 0.05) is 6.42 Å². The van der Waals surface area contributed by atoms with Crippen molar-refractivity contribution in [1.29, 1.82) is 0 Å². The van der Waals surface area contributed by atoms with Crippen LogP contribution in [0, 0.1) is 29.1 Å². The Bertz CT molecular complexity index is 743. The molecule has 166 valence electrons. The molecule has 4 aliphatic carbocycles. The Morgan fingerprint density at radius 3 is 2.60 bits per heavy atom. The van der Waals surface area contributed by atoms with Crippen LogP contribution in [0.3, 0.4) is 0 Å². The molecule has 4 aliphatic rings. The van der Waals surface area contributed by atoms with Gasteiger partial charge < -0.3 is 15.3 Å². The van der Waals surface area contributed by atoms with E-state index in [2.05, 4.69) is 44.7 Å². The second-order valence-corrected chi connectivity index (χ2v) is 10.7. The zero-order valence-corrected chi connectivity index (χ0v) is 18.8. The maximum Gasteiger partial charge on any atom is 0.0811 e. The first-order chi connectivity index (χ1) is 14.3. The van der Waals surface area contributed by atoms with Gasteiger partial charge in [-0.2, -0.15) is 0 Å². The van der Waals surface area contributed by atoms with Crippen LogP contribution in [0.25, 0.3) is 0 Å². The van der Waals surface area contributed by atoms with E-state index in [0.717, 1.165) is 17.6 Å². The normalized spacial score (nSPS) is 42.1. The third kappa shape index (κ3) is 4.40. The summed E-state index contributed by atoms with van der Waals surface area (Å²) in [7, 11) is 0. The van der Waals surface area contributed by atoms with Gasteiger partial charge in [0.2, 0.25) is 0 Å². The van der Waals surface area contributed by atoms with Crippen molar-refractivity contribution in [3.63, 3.8) is 0 Å². The van der Waals surface area contributed by atoms with Crippen LogP contribution in [0.1, 0.15) is 71.6 Å². The molecule has 0 aromatic rings. The lowest BCUT2D eigenvalue weighted by Crippen LogP contribution is -2.35. The predicted molar refractivity (Wildman–Crippen MR) is 122 cm³/mol. The minimum atomic E-state index is -0.621. The minimum absolute atomic E-state index is 0.250. The standard InChI is InChI=1S/C27H40O3/c1-17(6-13-25(29)20-8-9-20)23-11-12-24-19(5-4-14-27(23,24)3)7-10-21-15-22(28)16-26(30)18(21)2/h6-7,10,13,17,20,22-26,28-30H,2,4-5,8-9,11-12,14-16H2,1,3H3/b13-6-,19-7+,21-10+/t17-,22-,23-,24+,25-,26+,27-/m1/s1. The summed E-state index contributed by atoms with van der Waals surface area (Å²) in [5.41, 5.74) is 3.63. The van der Waals surface area contributed by atoms with Crippen molar-refractivity contribution in [2.45, 2.75) is 89.9 Å². The molecule has 3 N–H and O–H groups in total. The molecule has 3 heteroatoms. The molecular formula is C27H40O3. The highest BCUT2D eigenvalue weighted by Gasteiger charge is 2.50. The highest BCUT2D eigenvalue weighted by Crippen LogP contribution is 2.59. The fraction of sp³-hybridized carbons (Fsp3) is 0.704. The Kier molecular flexibility index (Phi) is 6.44. The number of hydrogen-bond donors (Lipinski definition) is 3. The lowest BCUT2D eigenvalue weighted by atomic mass is 9.61. The molecule has 3 nitrogen and oxygen atoms in total. The van der Waals surface area contributed by atoms with E-state index in [0.29, 0.717) is 41.9 Å². The van der Waals surface area contributed by atoms with Gasteiger partial charge in [-0.15, -0.1) is 0 Å². The summed E-state index contributed by atoms with van der Waals surface area (Å²) in [6.45, 7) is 8.88. The van der Waals surface area contributed by atoms with Crippen LogP contribution in [0.5, 0.6) is 0 Å². The summed E-state index contributed by atoms with van der Waals surface area (Å²) in [6, 6.07) is 0. The van der Waals surface area contributed by atoms with E-state index >= 15 is 0 Å². The topological polar surface area (TPSA) is 60.7 Å². The van der Waals surface area contributed by atoms with Gasteiger partial charge in [0.1, 0.15) is 0 Å². The molecule has 7 atom stereocenters. The predicted octanol–water partition coefficient (Wildman–Crippen LogP) is 5.09. The van der Waals surface area contributed by atoms with Crippen LogP contribution in [0.15, 0.2) is 47.6 Å². The number of rotatable bonds is 5. The molecule has 0 spiro atoms. The second kappa shape index (κ2) is 8.76. The molecule has 0 aromatic heterocycles. The number of fused-ring (bicyclic) bond motifs is 1. The van der Waals surface area contributed by atoms with Crippen LogP contribution in [0.4, 0.5) is 0 Å². The second-order valence-electron chi connectivity index (χ2n) is 10.7. The van der Waals surface area contributed by atoms with Gasteiger partial charge in [0.25, 0.3) is 0 Å². The van der Waals surface area contributed by atoms with Crippen molar-refractivity contribution in [3.05, 3.63) is 47.6 Å². The van der Waals surface area contributed by atoms with Crippen LogP contribution in [-0.4, -0.2) is 33.6 Å². The maximum atomic E-state index is 10.2. The van der Waals surface area contributed by atoms with Crippen LogP contribution < -0.4 is 0 Å². The van der Waals surface area contributed by atoms with E-state index in [9.17, 15) is 15.3 Å². The zero-order chi connectivity index (χ0) is 21.5. The number of hydrogen-bond acceptors (Lipinski definition) is 3. The van der Waals surface area contributed by atoms with Gasteiger partial charge in [-0.25, -0.2) is 0 Å². The molecule has 30 heavy (non-hydrogen) atoms. The number of aliphatic hydroxyl groups excluding tert-OH is 3. The number of aliphatic hydroxyl groups is 3. The molecule has 4 fully saturated rings. The Balaban J connectivity index is 1.48. The third-order valence-corrected chi connectivity index (χ3v) is 8.65. The third-order valence-electron chi connectivity index (χ3n) is 8.65. The SMILES string of the molecule is C=C1/C(=C/C=C2\CCC[C@]3(C)[C@@H]([C@H](C)/C=C\[C@@H](O)C4CC4)CC[C@@H]23)C[C@@H](O)C[C@@H]1O. The molecule has 0 heterocycles. The summed E-state index contributed by atoms with van der Waals surface area (Å²) in [5, 5.41) is 30.4. The van der Waals surface area contributed by atoms with Gasteiger partial charge in [-0.1, -0.05) is 50.3 Å². The highest BCUT2D eigenvalue weighted by atomic mass is 16.3. The van der Waals surface area contributed by atoms with Gasteiger partial charge in [0.05, 0.1) is 18.3 Å². The first kappa shape index (κ1) is 22.0. The molecule has 0 saturated heterocycles. The van der Waals surface area contributed by atoms with Crippen molar-refractivity contribution in [1.82, 2.24) is 0 Å². The minimum Gasteiger partial charge on any atom is -0.393 e. The highest BCUT2D eigenvalue weighted by molar-refractivity contribution is 5.38. The van der Waals surface area contributed by atoms with E-state index in [-0.39, 0.29) is 6.10 Å². The zero-order valence-electron chi connectivity index (χ0n) is 18.8. The Labute approximate surface area is 182 Å². The molecule has 4 saturated carbocycles. The average Bonchev–Trinajstić information content (AvgIpc) is 3.49. The Hall–Kier alpha value is -1.16. The van der Waals surface area contributed by atoms with Crippen molar-refractivity contribution in [2.75, 3.05) is 0 Å². The summed E-state index contributed by atoms with van der Waals surface area (Å²) in [5.74, 6) is 2.28. The molecule has 0 unspecified atom stereocenters. The summed E-state index contributed by atoms with van der Waals surface area (Å²) in [6.07, 6.45) is 16.9. The maximum absolute atomic E-state index is 10.2. The summed E-state index contributed by atoms with van der Waals surface area (Å²) < 4.78 is 0. The monoisotopic (exact) mass is 412 g/mol. The fourth-order valence-corrected chi connectivity index (χ4v) is 6.63. The lowest BCUT2D eigenvalue weighted by Gasteiger charge is -2.44. The number of allylic oxidation sites excluding steroid dienone is 4. The van der Waals surface area contributed by atoms with Crippen molar-refractivity contribution in [3.8, 4) is 0 Å². The van der Waals surface area contributed by atoms with E-state index < -0.39 is 12.2 Å². The smallest absolute Gasteiger partial charge is 0.0811 e. The molecule has 0 aliphatic heterocycles. The lowest BCUT2D eigenvalue weighted by molar-refractivity contribution is 0.0862. The van der Waals surface area contributed by atoms with Gasteiger partial charge in [-0.05, 0) is 91.6 Å². The van der Waals surface area contributed by atoms with E-state index in [1.54, 1.807) is 0 Å².